The molecule has 1 N–H and O–H groups in total. The minimum atomic E-state index is 0.0365. The van der Waals surface area contributed by atoms with Crippen LogP contribution in [0, 0.1) is 13.8 Å². The molecule has 0 saturated heterocycles. The number of aromatic amines is 1. The maximum Gasteiger partial charge on any atom is 0.270 e. The summed E-state index contributed by atoms with van der Waals surface area (Å²) >= 11 is 0. The minimum Gasteiger partial charge on any atom is -0.294 e. The largest absolute Gasteiger partial charge is 0.294 e. The molecule has 3 aromatic rings. The fraction of sp³-hybridized carbons (Fsp3) is 0.167. The number of hydrogen-bond acceptors (Lipinski definition) is 1. The van der Waals surface area contributed by atoms with Gasteiger partial charge in [0.1, 0.15) is 0 Å². The van der Waals surface area contributed by atoms with Gasteiger partial charge in [-0.15, -0.1) is 0 Å². The van der Waals surface area contributed by atoms with Crippen LogP contribution in [-0.4, -0.2) is 9.78 Å². The predicted octanol–water partition coefficient (Wildman–Crippen LogP) is 3.51. The second kappa shape index (κ2) is 5.44. The number of nitrogens with zero attached hydrogens (tertiary/aromatic N) is 1. The fourth-order valence-corrected chi connectivity index (χ4v) is 2.45. The van der Waals surface area contributed by atoms with Crippen LogP contribution < -0.4 is 5.56 Å². The van der Waals surface area contributed by atoms with E-state index < -0.39 is 0 Å². The first-order valence-electron chi connectivity index (χ1n) is 7.05. The van der Waals surface area contributed by atoms with Crippen LogP contribution in [0.2, 0.25) is 0 Å². The number of aryl methyl sites for hydroxylation is 1. The van der Waals surface area contributed by atoms with E-state index in [0.717, 1.165) is 22.4 Å². The van der Waals surface area contributed by atoms with Crippen LogP contribution in [0.3, 0.4) is 0 Å². The molecule has 2 aromatic carbocycles. The summed E-state index contributed by atoms with van der Waals surface area (Å²) in [4.78, 5) is 12.4. The van der Waals surface area contributed by atoms with E-state index in [-0.39, 0.29) is 5.56 Å². The van der Waals surface area contributed by atoms with Crippen molar-refractivity contribution in [2.75, 3.05) is 0 Å². The van der Waals surface area contributed by atoms with Crippen LogP contribution in [0.25, 0.3) is 11.3 Å². The molecule has 106 valence electrons. The van der Waals surface area contributed by atoms with Crippen molar-refractivity contribution in [1.82, 2.24) is 9.78 Å². The van der Waals surface area contributed by atoms with Gasteiger partial charge >= 0.3 is 0 Å². The molecule has 3 nitrogen and oxygen atoms in total. The highest BCUT2D eigenvalue weighted by Gasteiger charge is 2.11. The topological polar surface area (TPSA) is 37.8 Å². The molecule has 3 rings (SSSR count). The Morgan fingerprint density at radius 1 is 0.952 bits per heavy atom. The van der Waals surface area contributed by atoms with Crippen LogP contribution in [0.5, 0.6) is 0 Å². The van der Waals surface area contributed by atoms with Gasteiger partial charge in [-0.2, -0.15) is 0 Å². The first kappa shape index (κ1) is 13.4. The molecule has 0 unspecified atom stereocenters. The van der Waals surface area contributed by atoms with Crippen LogP contribution >= 0.6 is 0 Å². The van der Waals surface area contributed by atoms with Gasteiger partial charge in [-0.05, 0) is 25.0 Å². The smallest absolute Gasteiger partial charge is 0.270 e. The summed E-state index contributed by atoms with van der Waals surface area (Å²) in [6, 6.07) is 18.2. The van der Waals surface area contributed by atoms with Crippen LogP contribution in [0.1, 0.15) is 16.7 Å². The SMILES string of the molecule is Cc1ccc(Cn2[nH]c(-c3ccccc3)c(C)c2=O)cc1. The van der Waals surface area contributed by atoms with E-state index in [1.165, 1.54) is 5.56 Å². The average Bonchev–Trinajstić information content (AvgIpc) is 2.79. The number of benzene rings is 2. The molecule has 0 atom stereocenters. The summed E-state index contributed by atoms with van der Waals surface area (Å²) in [6.07, 6.45) is 0. The summed E-state index contributed by atoms with van der Waals surface area (Å²) in [7, 11) is 0. The van der Waals surface area contributed by atoms with Crippen LogP contribution in [-0.2, 0) is 6.54 Å². The van der Waals surface area contributed by atoms with Crippen molar-refractivity contribution in [1.29, 1.82) is 0 Å². The Bertz CT molecular complexity index is 795. The number of H-pyrrole nitrogens is 1. The minimum absolute atomic E-state index is 0.0365. The second-order valence-electron chi connectivity index (χ2n) is 5.35. The molecular formula is C18H18N2O. The van der Waals surface area contributed by atoms with Gasteiger partial charge < -0.3 is 0 Å². The summed E-state index contributed by atoms with van der Waals surface area (Å²) < 4.78 is 1.67. The zero-order valence-electron chi connectivity index (χ0n) is 12.3. The van der Waals surface area contributed by atoms with Crippen molar-refractivity contribution >= 4 is 0 Å². The number of hydrogen-bond donors (Lipinski definition) is 1. The van der Waals surface area contributed by atoms with Gasteiger partial charge in [0.15, 0.2) is 0 Å². The lowest BCUT2D eigenvalue weighted by atomic mass is 10.1. The van der Waals surface area contributed by atoms with E-state index in [4.69, 9.17) is 0 Å². The van der Waals surface area contributed by atoms with Crippen molar-refractivity contribution < 1.29 is 0 Å². The van der Waals surface area contributed by atoms with E-state index in [1.807, 2.05) is 37.3 Å². The first-order chi connectivity index (χ1) is 10.1. The highest BCUT2D eigenvalue weighted by Crippen LogP contribution is 2.18. The molecule has 0 fully saturated rings. The highest BCUT2D eigenvalue weighted by atomic mass is 16.1. The molecule has 0 radical (unpaired) electrons. The van der Waals surface area contributed by atoms with E-state index in [0.29, 0.717) is 6.54 Å². The summed E-state index contributed by atoms with van der Waals surface area (Å²) in [6.45, 7) is 4.49. The second-order valence-corrected chi connectivity index (χ2v) is 5.35. The zero-order valence-corrected chi connectivity index (χ0v) is 12.3. The summed E-state index contributed by atoms with van der Waals surface area (Å²) in [5, 5.41) is 3.23. The monoisotopic (exact) mass is 278 g/mol. The quantitative estimate of drug-likeness (QED) is 0.782. The molecule has 0 saturated carbocycles. The third-order valence-corrected chi connectivity index (χ3v) is 3.71. The van der Waals surface area contributed by atoms with E-state index in [9.17, 15) is 4.79 Å². The highest BCUT2D eigenvalue weighted by molar-refractivity contribution is 5.62. The van der Waals surface area contributed by atoms with Crippen molar-refractivity contribution in [3.05, 3.63) is 81.6 Å². The third-order valence-electron chi connectivity index (χ3n) is 3.71. The summed E-state index contributed by atoms with van der Waals surface area (Å²) in [5.74, 6) is 0. The van der Waals surface area contributed by atoms with Crippen molar-refractivity contribution in [2.45, 2.75) is 20.4 Å². The Kier molecular flexibility index (Phi) is 3.48. The molecule has 3 heteroatoms. The third kappa shape index (κ3) is 2.68. The molecule has 1 aromatic heterocycles. The lowest BCUT2D eigenvalue weighted by molar-refractivity contribution is 0.665. The van der Waals surface area contributed by atoms with E-state index >= 15 is 0 Å². The fourth-order valence-electron chi connectivity index (χ4n) is 2.45. The molecule has 21 heavy (non-hydrogen) atoms. The van der Waals surface area contributed by atoms with Gasteiger partial charge in [0.05, 0.1) is 12.2 Å². The lowest BCUT2D eigenvalue weighted by Gasteiger charge is -2.03. The first-order valence-corrected chi connectivity index (χ1v) is 7.05. The maximum absolute atomic E-state index is 12.4. The Morgan fingerprint density at radius 2 is 1.62 bits per heavy atom. The molecule has 0 aliphatic carbocycles. The standard InChI is InChI=1S/C18H18N2O/c1-13-8-10-15(11-9-13)12-20-18(21)14(2)17(19-20)16-6-4-3-5-7-16/h3-11,19H,12H2,1-2H3. The van der Waals surface area contributed by atoms with Gasteiger partial charge in [-0.3, -0.25) is 9.89 Å². The molecule has 0 aliphatic heterocycles. The van der Waals surface area contributed by atoms with Gasteiger partial charge in [-0.1, -0.05) is 60.2 Å². The lowest BCUT2D eigenvalue weighted by Crippen LogP contribution is -2.18. The Morgan fingerprint density at radius 3 is 2.29 bits per heavy atom. The maximum atomic E-state index is 12.4. The predicted molar refractivity (Wildman–Crippen MR) is 85.5 cm³/mol. The normalized spacial score (nSPS) is 10.8. The average molecular weight is 278 g/mol. The van der Waals surface area contributed by atoms with Crippen LogP contribution in [0.4, 0.5) is 0 Å². The number of rotatable bonds is 3. The molecule has 1 heterocycles. The van der Waals surface area contributed by atoms with Gasteiger partial charge in [-0.25, -0.2) is 4.68 Å². The van der Waals surface area contributed by atoms with Crippen molar-refractivity contribution in [3.8, 4) is 11.3 Å². The Balaban J connectivity index is 1.98. The molecule has 0 amide bonds. The zero-order chi connectivity index (χ0) is 14.8. The van der Waals surface area contributed by atoms with E-state index in [1.54, 1.807) is 4.68 Å². The number of nitrogens with one attached hydrogen (secondary N) is 1. The van der Waals surface area contributed by atoms with Gasteiger partial charge in [0.25, 0.3) is 5.56 Å². The Hall–Kier alpha value is -2.55. The number of aromatic nitrogens is 2. The van der Waals surface area contributed by atoms with Crippen molar-refractivity contribution in [3.63, 3.8) is 0 Å². The van der Waals surface area contributed by atoms with Gasteiger partial charge in [0.2, 0.25) is 0 Å². The Labute approximate surface area is 123 Å². The molecular weight excluding hydrogens is 260 g/mol. The van der Waals surface area contributed by atoms with Crippen LogP contribution in [0.15, 0.2) is 59.4 Å². The molecule has 0 aliphatic rings. The van der Waals surface area contributed by atoms with Gasteiger partial charge in [0, 0.05) is 5.56 Å². The van der Waals surface area contributed by atoms with E-state index in [2.05, 4.69) is 36.3 Å². The van der Waals surface area contributed by atoms with Crippen molar-refractivity contribution in [2.24, 2.45) is 0 Å². The summed E-state index contributed by atoms with van der Waals surface area (Å²) in [5.41, 5.74) is 5.06. The molecule has 0 bridgehead atoms. The molecule has 0 spiro atoms.